The van der Waals surface area contributed by atoms with Gasteiger partial charge in [-0.15, -0.1) is 0 Å². The van der Waals surface area contributed by atoms with Crippen LogP contribution < -0.4 is 10.1 Å². The Morgan fingerprint density at radius 1 is 1.00 bits per heavy atom. The maximum Gasteiger partial charge on any atom is 0.238 e. The van der Waals surface area contributed by atoms with E-state index in [9.17, 15) is 14.0 Å². The average Bonchev–Trinajstić information content (AvgIpc) is 2.77. The van der Waals surface area contributed by atoms with Gasteiger partial charge in [0, 0.05) is 51.0 Å². The van der Waals surface area contributed by atoms with Crippen LogP contribution in [0.3, 0.4) is 0 Å². The van der Waals surface area contributed by atoms with E-state index in [2.05, 4.69) is 15.1 Å². The fraction of sp³-hybridized carbons (Fsp3) is 0.391. The lowest BCUT2D eigenvalue weighted by atomic mass is 10.2. The summed E-state index contributed by atoms with van der Waals surface area (Å²) in [4.78, 5) is 30.7. The van der Waals surface area contributed by atoms with E-state index in [1.807, 2.05) is 24.3 Å². The first-order valence-corrected chi connectivity index (χ1v) is 10.3. The Balaban J connectivity index is 1.40. The van der Waals surface area contributed by atoms with Gasteiger partial charge < -0.3 is 15.0 Å². The van der Waals surface area contributed by atoms with Gasteiger partial charge in [0.1, 0.15) is 11.6 Å². The Bertz CT molecular complexity index is 883. The van der Waals surface area contributed by atoms with Crippen LogP contribution in [0.5, 0.6) is 5.75 Å². The molecule has 0 saturated carbocycles. The second kappa shape index (κ2) is 10.9. The predicted molar refractivity (Wildman–Crippen MR) is 117 cm³/mol. The highest BCUT2D eigenvalue weighted by Crippen LogP contribution is 2.19. The van der Waals surface area contributed by atoms with Gasteiger partial charge in [0.15, 0.2) is 0 Å². The van der Waals surface area contributed by atoms with Crippen LogP contribution in [0.1, 0.15) is 5.56 Å². The number of para-hydroxylation sites is 1. The van der Waals surface area contributed by atoms with E-state index in [1.165, 1.54) is 24.3 Å². The molecule has 1 aliphatic heterocycles. The highest BCUT2D eigenvalue weighted by molar-refractivity contribution is 5.92. The minimum Gasteiger partial charge on any atom is -0.496 e. The maximum absolute atomic E-state index is 13.0. The number of likely N-dealkylation sites (N-methyl/N-ethyl adjacent to an activating group) is 1. The van der Waals surface area contributed by atoms with Gasteiger partial charge in [-0.25, -0.2) is 4.39 Å². The molecule has 166 valence electrons. The van der Waals surface area contributed by atoms with Crippen molar-refractivity contribution in [3.05, 3.63) is 59.9 Å². The highest BCUT2D eigenvalue weighted by atomic mass is 19.1. The highest BCUT2D eigenvalue weighted by Gasteiger charge is 2.22. The van der Waals surface area contributed by atoms with Gasteiger partial charge in [0.2, 0.25) is 11.8 Å². The molecule has 0 atom stereocenters. The van der Waals surface area contributed by atoms with Crippen LogP contribution in [0.2, 0.25) is 0 Å². The fourth-order valence-corrected chi connectivity index (χ4v) is 3.53. The number of methoxy groups -OCH3 is 1. The third-order valence-corrected chi connectivity index (χ3v) is 5.34. The molecule has 2 aromatic rings. The monoisotopic (exact) mass is 428 g/mol. The quantitative estimate of drug-likeness (QED) is 0.697. The standard InChI is InChI=1S/C23H29FN4O3/c1-26(15-18-5-3-4-6-21(18)31-2)23(30)17-28-13-11-27(12-14-28)16-22(29)25-20-9-7-19(24)8-10-20/h3-10H,11-17H2,1-2H3,(H,25,29). The van der Waals surface area contributed by atoms with Crippen LogP contribution in [0.25, 0.3) is 0 Å². The first-order chi connectivity index (χ1) is 14.9. The molecule has 31 heavy (non-hydrogen) atoms. The number of nitrogens with zero attached hydrogens (tertiary/aromatic N) is 3. The zero-order valence-electron chi connectivity index (χ0n) is 18.0. The van der Waals surface area contributed by atoms with Crippen LogP contribution in [0, 0.1) is 5.82 Å². The normalized spacial score (nSPS) is 14.8. The molecule has 3 rings (SSSR count). The number of piperazine rings is 1. The number of amides is 2. The summed E-state index contributed by atoms with van der Waals surface area (Å²) in [6.07, 6.45) is 0. The first-order valence-electron chi connectivity index (χ1n) is 10.3. The first kappa shape index (κ1) is 22.7. The Hall–Kier alpha value is -2.97. The second-order valence-corrected chi connectivity index (χ2v) is 7.67. The third kappa shape index (κ3) is 6.77. The number of hydrogen-bond acceptors (Lipinski definition) is 5. The molecule has 0 unspecified atom stereocenters. The summed E-state index contributed by atoms with van der Waals surface area (Å²) in [7, 11) is 3.42. The molecule has 2 amide bonds. The molecular formula is C23H29FN4O3. The van der Waals surface area contributed by atoms with Crippen molar-refractivity contribution in [2.75, 3.05) is 58.7 Å². The molecule has 1 heterocycles. The summed E-state index contributed by atoms with van der Waals surface area (Å²) >= 11 is 0. The molecule has 1 saturated heterocycles. The summed E-state index contributed by atoms with van der Waals surface area (Å²) in [6.45, 7) is 3.97. The minimum absolute atomic E-state index is 0.0495. The number of anilines is 1. The van der Waals surface area contributed by atoms with Crippen LogP contribution in [0.15, 0.2) is 48.5 Å². The van der Waals surface area contributed by atoms with Crippen molar-refractivity contribution in [3.8, 4) is 5.75 Å². The second-order valence-electron chi connectivity index (χ2n) is 7.67. The van der Waals surface area contributed by atoms with Gasteiger partial charge in [-0.3, -0.25) is 19.4 Å². The molecule has 0 aliphatic carbocycles. The van der Waals surface area contributed by atoms with Crippen LogP contribution in [-0.4, -0.2) is 79.9 Å². The van der Waals surface area contributed by atoms with E-state index >= 15 is 0 Å². The molecule has 0 spiro atoms. The third-order valence-electron chi connectivity index (χ3n) is 5.34. The Morgan fingerprint density at radius 2 is 1.61 bits per heavy atom. The molecule has 1 fully saturated rings. The van der Waals surface area contributed by atoms with Gasteiger partial charge in [0.05, 0.1) is 20.2 Å². The number of benzene rings is 2. The SMILES string of the molecule is COc1ccccc1CN(C)C(=O)CN1CCN(CC(=O)Nc2ccc(F)cc2)CC1. The zero-order valence-corrected chi connectivity index (χ0v) is 18.0. The summed E-state index contributed by atoms with van der Waals surface area (Å²) in [5.74, 6) is 0.355. The smallest absolute Gasteiger partial charge is 0.238 e. The lowest BCUT2D eigenvalue weighted by molar-refractivity contribution is -0.132. The van der Waals surface area contributed by atoms with Crippen LogP contribution in [0.4, 0.5) is 10.1 Å². The van der Waals surface area contributed by atoms with Crippen molar-refractivity contribution >= 4 is 17.5 Å². The van der Waals surface area contributed by atoms with Crippen LogP contribution >= 0.6 is 0 Å². The van der Waals surface area contributed by atoms with E-state index in [0.717, 1.165) is 24.4 Å². The number of nitrogens with one attached hydrogen (secondary N) is 1. The van der Waals surface area contributed by atoms with Gasteiger partial charge in [-0.2, -0.15) is 0 Å². The average molecular weight is 429 g/mol. The van der Waals surface area contributed by atoms with Crippen molar-refractivity contribution < 1.29 is 18.7 Å². The Kier molecular flexibility index (Phi) is 7.97. The van der Waals surface area contributed by atoms with Crippen molar-refractivity contribution in [2.45, 2.75) is 6.54 Å². The van der Waals surface area contributed by atoms with Gasteiger partial charge >= 0.3 is 0 Å². The number of carbonyl (C=O) groups excluding carboxylic acids is 2. The molecule has 0 radical (unpaired) electrons. The number of hydrogen-bond donors (Lipinski definition) is 1. The molecular weight excluding hydrogens is 399 g/mol. The molecule has 8 heteroatoms. The fourth-order valence-electron chi connectivity index (χ4n) is 3.53. The summed E-state index contributed by atoms with van der Waals surface area (Å²) in [5.41, 5.74) is 1.55. The maximum atomic E-state index is 13.0. The van der Waals surface area contributed by atoms with E-state index < -0.39 is 0 Å². The summed E-state index contributed by atoms with van der Waals surface area (Å²) in [6, 6.07) is 13.4. The molecule has 2 aromatic carbocycles. The number of rotatable bonds is 8. The zero-order chi connectivity index (χ0) is 22.2. The number of carbonyl (C=O) groups is 2. The molecule has 0 bridgehead atoms. The number of ether oxygens (including phenoxy) is 1. The van der Waals surface area contributed by atoms with E-state index in [4.69, 9.17) is 4.74 Å². The van der Waals surface area contributed by atoms with Gasteiger partial charge in [0.25, 0.3) is 0 Å². The lowest BCUT2D eigenvalue weighted by Crippen LogP contribution is -2.51. The molecule has 0 aromatic heterocycles. The van der Waals surface area contributed by atoms with Crippen molar-refractivity contribution in [2.24, 2.45) is 0 Å². The Morgan fingerprint density at radius 3 is 2.26 bits per heavy atom. The van der Waals surface area contributed by atoms with E-state index in [-0.39, 0.29) is 24.2 Å². The van der Waals surface area contributed by atoms with Crippen molar-refractivity contribution in [1.82, 2.24) is 14.7 Å². The van der Waals surface area contributed by atoms with Gasteiger partial charge in [-0.1, -0.05) is 18.2 Å². The van der Waals surface area contributed by atoms with Gasteiger partial charge in [-0.05, 0) is 30.3 Å². The predicted octanol–water partition coefficient (Wildman–Crippen LogP) is 2.05. The summed E-state index contributed by atoms with van der Waals surface area (Å²) < 4.78 is 18.3. The lowest BCUT2D eigenvalue weighted by Gasteiger charge is -2.34. The summed E-state index contributed by atoms with van der Waals surface area (Å²) in [5, 5.41) is 2.78. The molecule has 7 nitrogen and oxygen atoms in total. The largest absolute Gasteiger partial charge is 0.496 e. The van der Waals surface area contributed by atoms with E-state index in [1.54, 1.807) is 19.1 Å². The number of halogens is 1. The van der Waals surface area contributed by atoms with E-state index in [0.29, 0.717) is 31.9 Å². The van der Waals surface area contributed by atoms with Crippen molar-refractivity contribution in [1.29, 1.82) is 0 Å². The Labute approximate surface area is 182 Å². The minimum atomic E-state index is -0.336. The van der Waals surface area contributed by atoms with Crippen LogP contribution in [-0.2, 0) is 16.1 Å². The molecule has 1 N–H and O–H groups in total. The molecule has 1 aliphatic rings. The topological polar surface area (TPSA) is 65.1 Å². The van der Waals surface area contributed by atoms with Crippen molar-refractivity contribution in [3.63, 3.8) is 0 Å².